The molecule has 0 heterocycles. The van der Waals surface area contributed by atoms with Crippen molar-refractivity contribution in [2.45, 2.75) is 59.2 Å². The van der Waals surface area contributed by atoms with Crippen molar-refractivity contribution in [2.24, 2.45) is 0 Å². The first-order chi connectivity index (χ1) is 21.2. The van der Waals surface area contributed by atoms with E-state index in [0.717, 1.165) is 0 Å². The molecule has 0 aromatic heterocycles. The van der Waals surface area contributed by atoms with E-state index in [2.05, 4.69) is 13.2 Å². The maximum atomic E-state index is 11.9. The lowest BCUT2D eigenvalue weighted by Crippen LogP contribution is -2.23. The van der Waals surface area contributed by atoms with Crippen LogP contribution >= 0.6 is 0 Å². The molecule has 45 heavy (non-hydrogen) atoms. The normalized spacial score (nSPS) is 12.4. The molecule has 248 valence electrons. The maximum absolute atomic E-state index is 11.9. The summed E-state index contributed by atoms with van der Waals surface area (Å²) in [6.45, 7) is 18.2. The van der Waals surface area contributed by atoms with E-state index in [-0.39, 0.29) is 62.3 Å². The molecule has 0 bridgehead atoms. The van der Waals surface area contributed by atoms with Crippen molar-refractivity contribution in [2.75, 3.05) is 39.6 Å². The minimum absolute atomic E-state index is 0.148. The van der Waals surface area contributed by atoms with Crippen LogP contribution in [0.25, 0.3) is 0 Å². The Morgan fingerprint density at radius 3 is 1.42 bits per heavy atom. The molecule has 0 aliphatic heterocycles. The van der Waals surface area contributed by atoms with E-state index in [1.165, 1.54) is 13.8 Å². The highest BCUT2D eigenvalue weighted by Crippen LogP contribution is 2.43. The zero-order valence-corrected chi connectivity index (χ0v) is 26.8. The van der Waals surface area contributed by atoms with Crippen LogP contribution in [0, 0.1) is 0 Å². The van der Waals surface area contributed by atoms with Gasteiger partial charge < -0.3 is 29.2 Å². The van der Waals surface area contributed by atoms with Crippen LogP contribution in [0.15, 0.2) is 60.7 Å². The van der Waals surface area contributed by atoms with Gasteiger partial charge in [-0.15, -0.1) is 0 Å². The zero-order valence-electron chi connectivity index (χ0n) is 26.8. The number of ether oxygens (including phenoxy) is 4. The number of hydrogen-bond donors (Lipinski definition) is 2. The minimum Gasteiger partial charge on any atom is -0.491 e. The predicted molar refractivity (Wildman–Crippen MR) is 164 cm³/mol. The van der Waals surface area contributed by atoms with Crippen LogP contribution < -0.4 is 19.2 Å². The third-order valence-corrected chi connectivity index (χ3v) is 6.07. The summed E-state index contributed by atoms with van der Waals surface area (Å²) in [4.78, 5) is 43.8. The number of carbonyl (C=O) groups is 2. The number of hydrogen-bond acceptors (Lipinski definition) is 12. The highest BCUT2D eigenvalue weighted by atomic mass is 17.2. The van der Waals surface area contributed by atoms with Gasteiger partial charge in [0.15, 0.2) is 11.5 Å². The molecule has 0 fully saturated rings. The van der Waals surface area contributed by atoms with Gasteiger partial charge in [-0.2, -0.15) is 0 Å². The van der Waals surface area contributed by atoms with E-state index in [1.807, 2.05) is 13.8 Å². The minimum atomic E-state index is -0.772. The van der Waals surface area contributed by atoms with Crippen molar-refractivity contribution < 1.29 is 58.3 Å². The smallest absolute Gasteiger partial charge is 0.381 e. The third-order valence-electron chi connectivity index (χ3n) is 6.07. The Morgan fingerprint density at radius 2 is 1.09 bits per heavy atom. The summed E-state index contributed by atoms with van der Waals surface area (Å²) in [6.07, 6.45) is -1.24. The Balaban J connectivity index is 2.44. The quantitative estimate of drug-likeness (QED) is 0.0923. The molecular formula is C33H44O12. The summed E-state index contributed by atoms with van der Waals surface area (Å²) < 4.78 is 23.1. The van der Waals surface area contributed by atoms with Crippen LogP contribution in [0.1, 0.15) is 52.7 Å². The lowest BCUT2D eigenvalue weighted by molar-refractivity contribution is -0.208. The average molecular weight is 633 g/mol. The lowest BCUT2D eigenvalue weighted by Gasteiger charge is -2.30. The molecule has 0 saturated carbocycles. The lowest BCUT2D eigenvalue weighted by atomic mass is 9.77. The van der Waals surface area contributed by atoms with Crippen molar-refractivity contribution in [3.63, 3.8) is 0 Å². The highest BCUT2D eigenvalue weighted by molar-refractivity contribution is 5.86. The van der Waals surface area contributed by atoms with Gasteiger partial charge in [0.05, 0.1) is 38.6 Å². The summed E-state index contributed by atoms with van der Waals surface area (Å²) in [6, 6.07) is 9.94. The number of aliphatic hydroxyl groups is 2. The fraction of sp³-hybridized carbons (Fsp3) is 0.455. The van der Waals surface area contributed by atoms with Crippen LogP contribution in [0.3, 0.4) is 0 Å². The number of rotatable bonds is 20. The molecular weight excluding hydrogens is 588 g/mol. The van der Waals surface area contributed by atoms with Crippen LogP contribution in [-0.4, -0.2) is 74.0 Å². The van der Waals surface area contributed by atoms with Crippen molar-refractivity contribution in [1.82, 2.24) is 0 Å². The molecule has 0 radical (unpaired) electrons. The van der Waals surface area contributed by atoms with Crippen LogP contribution in [0.5, 0.6) is 23.0 Å². The van der Waals surface area contributed by atoms with Gasteiger partial charge in [0.1, 0.15) is 24.7 Å². The monoisotopic (exact) mass is 632 g/mol. The predicted octanol–water partition coefficient (Wildman–Crippen LogP) is 4.39. The number of aliphatic hydroxyl groups excluding tert-OH is 2. The van der Waals surface area contributed by atoms with E-state index >= 15 is 0 Å². The summed E-state index contributed by atoms with van der Waals surface area (Å²) in [5.41, 5.74) is 1.00. The molecule has 0 saturated heterocycles. The molecule has 2 N–H and O–H groups in total. The van der Waals surface area contributed by atoms with Gasteiger partial charge in [-0.25, -0.2) is 19.4 Å². The van der Waals surface area contributed by atoms with Gasteiger partial charge in [0.25, 0.3) is 0 Å². The second-order valence-corrected chi connectivity index (χ2v) is 11.0. The van der Waals surface area contributed by atoms with Gasteiger partial charge in [0, 0.05) is 39.8 Å². The topological polar surface area (TPSA) is 148 Å². The Morgan fingerprint density at radius 1 is 0.711 bits per heavy atom. The Labute approximate surface area is 263 Å². The average Bonchev–Trinajstić information content (AvgIpc) is 2.97. The number of benzene rings is 2. The Bertz CT molecular complexity index is 1200. The third kappa shape index (κ3) is 12.4. The molecule has 2 aromatic carbocycles. The molecule has 0 aliphatic rings. The van der Waals surface area contributed by atoms with E-state index < -0.39 is 29.6 Å². The molecule has 12 heteroatoms. The standard InChI is InChI=1S/C33H44O12/c1-21(2)31(36)44-42-25-9-11-27(29(17-25)40-15-13-38-19-23(5)34)33(7,8)28-12-10-26(43-45-32(37)22(3)4)18-30(28)41-16-14-39-20-24(6)35/h9-12,17-18,23-24,34-35H,1,3,13-16,19-20H2,2,4-8H3. The first-order valence-corrected chi connectivity index (χ1v) is 14.4. The van der Waals surface area contributed by atoms with Crippen molar-refractivity contribution in [3.8, 4) is 23.0 Å². The molecule has 2 atom stereocenters. The SMILES string of the molecule is C=C(C)C(=O)OOc1ccc(C(C)(C)c2ccc(OOC(=O)C(=C)C)cc2OCCOCC(C)O)c(OCCOCC(C)O)c1. The summed E-state index contributed by atoms with van der Waals surface area (Å²) >= 11 is 0. The van der Waals surface area contributed by atoms with E-state index in [1.54, 1.807) is 50.2 Å². The Hall–Kier alpha value is -4.10. The zero-order chi connectivity index (χ0) is 33.6. The molecule has 2 aromatic rings. The first kappa shape index (κ1) is 37.1. The Kier molecular flexibility index (Phi) is 14.8. The van der Waals surface area contributed by atoms with Crippen molar-refractivity contribution in [1.29, 1.82) is 0 Å². The summed E-state index contributed by atoms with van der Waals surface area (Å²) in [5.74, 6) is -0.205. The second-order valence-electron chi connectivity index (χ2n) is 11.0. The van der Waals surface area contributed by atoms with Gasteiger partial charge in [0.2, 0.25) is 0 Å². The maximum Gasteiger partial charge on any atom is 0.381 e. The van der Waals surface area contributed by atoms with Crippen molar-refractivity contribution in [3.05, 3.63) is 71.8 Å². The molecule has 0 amide bonds. The van der Waals surface area contributed by atoms with E-state index in [9.17, 15) is 19.8 Å². The molecule has 0 aliphatic carbocycles. The number of carbonyl (C=O) groups excluding carboxylic acids is 2. The first-order valence-electron chi connectivity index (χ1n) is 14.4. The van der Waals surface area contributed by atoms with E-state index in [4.69, 9.17) is 38.5 Å². The fourth-order valence-electron chi connectivity index (χ4n) is 3.77. The van der Waals surface area contributed by atoms with Gasteiger partial charge in [-0.3, -0.25) is 9.78 Å². The highest BCUT2D eigenvalue weighted by Gasteiger charge is 2.31. The molecule has 0 spiro atoms. The largest absolute Gasteiger partial charge is 0.491 e. The second kappa shape index (κ2) is 18.0. The van der Waals surface area contributed by atoms with Gasteiger partial charge >= 0.3 is 11.9 Å². The fourth-order valence-corrected chi connectivity index (χ4v) is 3.77. The molecule has 2 rings (SSSR count). The van der Waals surface area contributed by atoms with E-state index in [0.29, 0.717) is 22.6 Å². The van der Waals surface area contributed by atoms with Crippen LogP contribution in [0.2, 0.25) is 0 Å². The van der Waals surface area contributed by atoms with Crippen LogP contribution in [-0.2, 0) is 34.3 Å². The summed E-state index contributed by atoms with van der Waals surface area (Å²) in [5, 5.41) is 18.9. The van der Waals surface area contributed by atoms with Crippen molar-refractivity contribution >= 4 is 11.9 Å². The molecule has 12 nitrogen and oxygen atoms in total. The molecule has 2 unspecified atom stereocenters. The van der Waals surface area contributed by atoms with Gasteiger partial charge in [-0.1, -0.05) is 39.1 Å². The van der Waals surface area contributed by atoms with Crippen LogP contribution in [0.4, 0.5) is 0 Å². The van der Waals surface area contributed by atoms with Gasteiger partial charge in [-0.05, 0) is 39.8 Å². The summed E-state index contributed by atoms with van der Waals surface area (Å²) in [7, 11) is 0.